The average Bonchev–Trinajstić information content (AvgIpc) is 3.32. The fourth-order valence-corrected chi connectivity index (χ4v) is 7.15. The van der Waals surface area contributed by atoms with E-state index in [0.717, 1.165) is 11.1 Å². The number of alkyl halides is 6. The van der Waals surface area contributed by atoms with Gasteiger partial charge in [-0.15, -0.1) is 0 Å². The number of carbonyl (C=O) groups is 2. The number of halogens is 6. The summed E-state index contributed by atoms with van der Waals surface area (Å²) in [6.45, 7) is 9.20. The van der Waals surface area contributed by atoms with Gasteiger partial charge in [-0.05, 0) is 78.8 Å². The molecule has 2 fully saturated rings. The van der Waals surface area contributed by atoms with E-state index in [1.807, 2.05) is 45.9 Å². The second-order valence-corrected chi connectivity index (χ2v) is 12.7. The van der Waals surface area contributed by atoms with Crippen molar-refractivity contribution in [3.8, 4) is 0 Å². The van der Waals surface area contributed by atoms with E-state index in [1.54, 1.807) is 6.07 Å². The summed E-state index contributed by atoms with van der Waals surface area (Å²) >= 11 is 0. The van der Waals surface area contributed by atoms with Crippen molar-refractivity contribution < 1.29 is 50.5 Å². The molecule has 6 nitrogen and oxygen atoms in total. The van der Waals surface area contributed by atoms with Crippen LogP contribution in [0.4, 0.5) is 31.1 Å². The van der Waals surface area contributed by atoms with Gasteiger partial charge in [0.15, 0.2) is 6.10 Å². The van der Waals surface area contributed by atoms with Gasteiger partial charge in [-0.2, -0.15) is 26.3 Å². The molecule has 0 radical (unpaired) electrons. The molecule has 2 aromatic rings. The highest BCUT2D eigenvalue weighted by Gasteiger charge is 2.55. The van der Waals surface area contributed by atoms with Gasteiger partial charge in [-0.3, -0.25) is 0 Å². The molecule has 2 aromatic carbocycles. The Balaban J connectivity index is 1.84. The quantitative estimate of drug-likeness (QED) is 0.257. The number of rotatable bonds is 6. The van der Waals surface area contributed by atoms with E-state index < -0.39 is 64.6 Å². The lowest BCUT2D eigenvalue weighted by molar-refractivity contribution is -0.165. The van der Waals surface area contributed by atoms with E-state index in [9.17, 15) is 41.0 Å². The number of likely N-dealkylation sites (tertiary alicyclic amines) is 1. The van der Waals surface area contributed by atoms with Crippen molar-refractivity contribution in [1.29, 1.82) is 0 Å². The molecule has 6 atom stereocenters. The maximum atomic E-state index is 13.7. The lowest BCUT2D eigenvalue weighted by Gasteiger charge is -2.44. The van der Waals surface area contributed by atoms with Crippen LogP contribution in [0, 0.1) is 24.2 Å². The fraction of sp³-hybridized carbons (Fsp3) is 0.562. The zero-order chi connectivity index (χ0) is 32.8. The number of ether oxygens (including phenoxy) is 2. The summed E-state index contributed by atoms with van der Waals surface area (Å²) in [6.07, 6.45) is -13.3. The Hall–Kier alpha value is -3.28. The van der Waals surface area contributed by atoms with E-state index in [1.165, 1.54) is 11.8 Å². The summed E-state index contributed by atoms with van der Waals surface area (Å²) in [5.74, 6) is -2.00. The number of nitrogens with zero attached hydrogens (tertiary/aromatic N) is 1. The molecule has 0 spiro atoms. The lowest BCUT2D eigenvalue weighted by Crippen LogP contribution is -2.46. The third kappa shape index (κ3) is 6.84. The van der Waals surface area contributed by atoms with Crippen LogP contribution in [0.3, 0.4) is 0 Å². The van der Waals surface area contributed by atoms with Gasteiger partial charge in [0.1, 0.15) is 0 Å². The smallest absolute Gasteiger partial charge is 0.416 e. The number of amides is 1. The molecule has 1 N–H and O–H groups in total. The van der Waals surface area contributed by atoms with Crippen LogP contribution >= 0.6 is 0 Å². The molecule has 1 amide bonds. The second kappa shape index (κ2) is 12.3. The molecule has 0 bridgehead atoms. The first-order valence-corrected chi connectivity index (χ1v) is 14.5. The van der Waals surface area contributed by atoms with Gasteiger partial charge >= 0.3 is 24.4 Å². The van der Waals surface area contributed by atoms with Gasteiger partial charge in [0.05, 0.1) is 23.8 Å². The zero-order valence-electron chi connectivity index (χ0n) is 25.1. The van der Waals surface area contributed by atoms with Crippen molar-refractivity contribution in [1.82, 2.24) is 4.90 Å². The molecule has 12 heteroatoms. The van der Waals surface area contributed by atoms with Crippen molar-refractivity contribution in [3.05, 3.63) is 70.3 Å². The van der Waals surface area contributed by atoms with Crippen LogP contribution in [0.2, 0.25) is 0 Å². The van der Waals surface area contributed by atoms with Crippen molar-refractivity contribution in [2.75, 3.05) is 13.2 Å². The summed E-state index contributed by atoms with van der Waals surface area (Å²) < 4.78 is 93.8. The van der Waals surface area contributed by atoms with E-state index in [0.29, 0.717) is 25.0 Å². The van der Waals surface area contributed by atoms with Crippen LogP contribution in [-0.2, 0) is 26.6 Å². The number of hydrogen-bond acceptors (Lipinski definition) is 4. The predicted octanol–water partition coefficient (Wildman–Crippen LogP) is 8.24. The monoisotopic (exact) mass is 629 g/mol. The topological polar surface area (TPSA) is 76.1 Å². The Morgan fingerprint density at radius 1 is 0.955 bits per heavy atom. The highest BCUT2D eigenvalue weighted by Crippen LogP contribution is 2.54. The Labute approximate surface area is 252 Å². The number of carbonyl (C=O) groups excluding carboxylic acids is 1. The minimum atomic E-state index is -5.12. The van der Waals surface area contributed by atoms with Gasteiger partial charge in [0.25, 0.3) is 0 Å². The lowest BCUT2D eigenvalue weighted by atomic mass is 9.64. The molecule has 1 aliphatic heterocycles. The number of carboxylic acid groups (broad SMARTS) is 1. The van der Waals surface area contributed by atoms with Gasteiger partial charge in [0, 0.05) is 18.5 Å². The molecule has 0 aromatic heterocycles. The maximum absolute atomic E-state index is 13.7. The first-order chi connectivity index (χ1) is 20.3. The van der Waals surface area contributed by atoms with E-state index in [-0.39, 0.29) is 37.1 Å². The minimum absolute atomic E-state index is 0.00128. The molecule has 44 heavy (non-hydrogen) atoms. The number of fused-ring (bicyclic) bond motifs is 1. The molecule has 1 saturated carbocycles. The normalized spacial score (nSPS) is 25.0. The number of esters is 1. The highest BCUT2D eigenvalue weighted by molar-refractivity contribution is 5.77. The van der Waals surface area contributed by atoms with Gasteiger partial charge < -0.3 is 19.5 Å². The summed E-state index contributed by atoms with van der Waals surface area (Å²) in [5.41, 5.74) is -2.50. The summed E-state index contributed by atoms with van der Waals surface area (Å²) in [4.78, 5) is 27.0. The Bertz CT molecular complexity index is 1340. The van der Waals surface area contributed by atoms with Crippen LogP contribution in [0.5, 0.6) is 0 Å². The Kier molecular flexibility index (Phi) is 9.36. The minimum Gasteiger partial charge on any atom is -0.465 e. The van der Waals surface area contributed by atoms with Crippen molar-refractivity contribution in [2.24, 2.45) is 17.3 Å². The first-order valence-electron chi connectivity index (χ1n) is 14.5. The summed E-state index contributed by atoms with van der Waals surface area (Å²) in [6, 6.07) is 8.00. The molecule has 1 aliphatic carbocycles. The van der Waals surface area contributed by atoms with E-state index >= 15 is 0 Å². The van der Waals surface area contributed by atoms with Crippen molar-refractivity contribution in [3.63, 3.8) is 0 Å². The third-order valence-corrected chi connectivity index (χ3v) is 8.75. The highest BCUT2D eigenvalue weighted by atomic mass is 19.4. The number of benzene rings is 2. The van der Waals surface area contributed by atoms with Crippen LogP contribution in [0.25, 0.3) is 0 Å². The molecule has 1 heterocycles. The SMILES string of the molecule is CCOC(=O)[C@H](O[C@H]1CC[C@@H]2C(C(C)(C)C)N(C(=O)O)C[C@H]2[C@@H]1c1ccccc1C)c1cc(C(F)(F)F)cc(C(F)(F)F)c1. The largest absolute Gasteiger partial charge is 0.465 e. The van der Waals surface area contributed by atoms with Crippen molar-refractivity contribution in [2.45, 2.75) is 84.0 Å². The van der Waals surface area contributed by atoms with Gasteiger partial charge in [-0.1, -0.05) is 45.0 Å². The second-order valence-electron chi connectivity index (χ2n) is 12.7. The third-order valence-electron chi connectivity index (χ3n) is 8.75. The zero-order valence-corrected chi connectivity index (χ0v) is 25.1. The van der Waals surface area contributed by atoms with Gasteiger partial charge in [-0.25, -0.2) is 9.59 Å². The molecule has 1 unspecified atom stereocenters. The van der Waals surface area contributed by atoms with Crippen LogP contribution < -0.4 is 0 Å². The van der Waals surface area contributed by atoms with Crippen LogP contribution in [0.1, 0.15) is 80.4 Å². The molecular formula is C32H37F6NO5. The van der Waals surface area contributed by atoms with Crippen molar-refractivity contribution >= 4 is 12.1 Å². The number of aryl methyl sites for hydroxylation is 1. The van der Waals surface area contributed by atoms with E-state index in [2.05, 4.69) is 0 Å². The molecule has 1 saturated heterocycles. The van der Waals surface area contributed by atoms with E-state index in [4.69, 9.17) is 9.47 Å². The molecule has 2 aliphatic rings. The molecule has 4 rings (SSSR count). The number of hydrogen-bond donors (Lipinski definition) is 1. The molecule has 242 valence electrons. The maximum Gasteiger partial charge on any atom is 0.416 e. The average molecular weight is 630 g/mol. The molecular weight excluding hydrogens is 592 g/mol. The summed E-state index contributed by atoms with van der Waals surface area (Å²) in [7, 11) is 0. The Morgan fingerprint density at radius 2 is 1.55 bits per heavy atom. The van der Waals surface area contributed by atoms with Crippen LogP contribution in [-0.4, -0.2) is 47.4 Å². The standard InChI is InChI=1S/C32H37F6NO5/c1-6-43-28(40)26(18-13-19(31(33,34)35)15-20(14-18)32(36,37)38)44-24-12-11-22-23(25(24)21-10-8-7-9-17(21)2)16-39(29(41)42)27(22)30(3,4)5/h7-10,13-15,22-27H,6,11-12,16H2,1-5H3,(H,41,42)/t22-,23+,24-,25-,26+,27?/m0/s1. The van der Waals surface area contributed by atoms with Gasteiger partial charge in [0.2, 0.25) is 0 Å². The first kappa shape index (κ1) is 33.6. The van der Waals surface area contributed by atoms with Crippen LogP contribution in [0.15, 0.2) is 42.5 Å². The summed E-state index contributed by atoms with van der Waals surface area (Å²) in [5, 5.41) is 10.1. The Morgan fingerprint density at radius 3 is 2.05 bits per heavy atom. The predicted molar refractivity (Wildman–Crippen MR) is 149 cm³/mol. The fourth-order valence-electron chi connectivity index (χ4n) is 7.15.